The van der Waals surface area contributed by atoms with Crippen LogP contribution in [0.1, 0.15) is 22.8 Å². The van der Waals surface area contributed by atoms with Crippen LogP contribution in [0.15, 0.2) is 73.6 Å². The standard InChI is InChI=1S/C20H20N4O6S/c1-14-4-8-18(9-5-14)31(27,28)23-13-17-7-6-16(30-17)12-22-24-20(26)19(25)21-11-15-3-2-10-29-15/h2-10,12,23H,11,13H2,1H3,(H,21,25)(H,24,26)/b22-12+. The first-order chi connectivity index (χ1) is 14.8. The Hall–Kier alpha value is -3.70. The van der Waals surface area contributed by atoms with Gasteiger partial charge in [-0.15, -0.1) is 0 Å². The van der Waals surface area contributed by atoms with Crippen molar-refractivity contribution in [1.82, 2.24) is 15.5 Å². The maximum Gasteiger partial charge on any atom is 0.329 e. The van der Waals surface area contributed by atoms with E-state index in [4.69, 9.17) is 8.83 Å². The lowest BCUT2D eigenvalue weighted by Gasteiger charge is -2.05. The van der Waals surface area contributed by atoms with Gasteiger partial charge >= 0.3 is 11.8 Å². The van der Waals surface area contributed by atoms with Crippen LogP contribution in [0.5, 0.6) is 0 Å². The molecule has 0 fully saturated rings. The van der Waals surface area contributed by atoms with Crippen molar-refractivity contribution in [1.29, 1.82) is 0 Å². The molecule has 3 N–H and O–H groups in total. The number of hydrazone groups is 1. The summed E-state index contributed by atoms with van der Waals surface area (Å²) < 4.78 is 37.5. The molecule has 0 saturated carbocycles. The normalized spacial score (nSPS) is 11.5. The largest absolute Gasteiger partial charge is 0.467 e. The average Bonchev–Trinajstić information content (AvgIpc) is 3.43. The minimum absolute atomic E-state index is 0.0639. The average molecular weight is 444 g/mol. The molecule has 0 unspecified atom stereocenters. The fraction of sp³-hybridized carbons (Fsp3) is 0.150. The van der Waals surface area contributed by atoms with Crippen molar-refractivity contribution in [3.8, 4) is 0 Å². The number of carbonyl (C=O) groups excluding carboxylic acids is 2. The Labute approximate surface area is 178 Å². The van der Waals surface area contributed by atoms with E-state index in [1.54, 1.807) is 36.4 Å². The third-order valence-corrected chi connectivity index (χ3v) is 5.43. The number of carbonyl (C=O) groups is 2. The molecule has 31 heavy (non-hydrogen) atoms. The number of amides is 2. The van der Waals surface area contributed by atoms with Gasteiger partial charge in [-0.2, -0.15) is 5.10 Å². The quantitative estimate of drug-likeness (QED) is 0.272. The molecular weight excluding hydrogens is 424 g/mol. The molecule has 0 aliphatic heterocycles. The topological polar surface area (TPSA) is 143 Å². The Bertz CT molecular complexity index is 1160. The molecule has 0 spiro atoms. The summed E-state index contributed by atoms with van der Waals surface area (Å²) in [6.07, 6.45) is 2.65. The lowest BCUT2D eigenvalue weighted by Crippen LogP contribution is -2.37. The molecule has 2 aromatic heterocycles. The van der Waals surface area contributed by atoms with Gasteiger partial charge < -0.3 is 14.2 Å². The van der Waals surface area contributed by atoms with Crippen LogP contribution in [-0.2, 0) is 32.7 Å². The lowest BCUT2D eigenvalue weighted by molar-refractivity contribution is -0.139. The van der Waals surface area contributed by atoms with Gasteiger partial charge in [-0.1, -0.05) is 17.7 Å². The molecular formula is C20H20N4O6S. The number of nitrogens with zero attached hydrogens (tertiary/aromatic N) is 1. The SMILES string of the molecule is Cc1ccc(S(=O)(=O)NCc2ccc(/C=N/NC(=O)C(=O)NCc3ccco3)o2)cc1. The molecule has 2 heterocycles. The summed E-state index contributed by atoms with van der Waals surface area (Å²) in [6.45, 7) is 1.88. The van der Waals surface area contributed by atoms with Crippen LogP contribution in [-0.4, -0.2) is 26.4 Å². The highest BCUT2D eigenvalue weighted by atomic mass is 32.2. The number of hydrogen-bond acceptors (Lipinski definition) is 7. The van der Waals surface area contributed by atoms with Crippen LogP contribution in [0, 0.1) is 6.92 Å². The highest BCUT2D eigenvalue weighted by Gasteiger charge is 2.15. The number of hydrogen-bond donors (Lipinski definition) is 3. The molecule has 0 aliphatic rings. The Balaban J connectivity index is 1.46. The Morgan fingerprint density at radius 1 is 1.00 bits per heavy atom. The van der Waals surface area contributed by atoms with E-state index in [-0.39, 0.29) is 23.7 Å². The van der Waals surface area contributed by atoms with E-state index >= 15 is 0 Å². The van der Waals surface area contributed by atoms with Crippen LogP contribution < -0.4 is 15.5 Å². The van der Waals surface area contributed by atoms with Crippen LogP contribution in [0.4, 0.5) is 0 Å². The zero-order valence-corrected chi connectivity index (χ0v) is 17.3. The molecule has 2 amide bonds. The second kappa shape index (κ2) is 9.87. The predicted molar refractivity (Wildman–Crippen MR) is 110 cm³/mol. The molecule has 3 aromatic rings. The number of aryl methyl sites for hydroxylation is 1. The van der Waals surface area contributed by atoms with Gasteiger partial charge in [0.1, 0.15) is 17.3 Å². The maximum absolute atomic E-state index is 12.3. The number of rotatable bonds is 8. The van der Waals surface area contributed by atoms with E-state index in [1.807, 2.05) is 6.92 Å². The van der Waals surface area contributed by atoms with Crippen molar-refractivity contribution in [3.63, 3.8) is 0 Å². The van der Waals surface area contributed by atoms with E-state index in [1.165, 1.54) is 24.6 Å². The Kier molecular flexibility index (Phi) is 7.00. The van der Waals surface area contributed by atoms with Gasteiger partial charge in [0, 0.05) is 0 Å². The van der Waals surface area contributed by atoms with Crippen LogP contribution >= 0.6 is 0 Å². The van der Waals surface area contributed by atoms with Crippen molar-refractivity contribution in [2.45, 2.75) is 24.9 Å². The fourth-order valence-electron chi connectivity index (χ4n) is 2.39. The zero-order valence-electron chi connectivity index (χ0n) is 16.5. The molecule has 1 aromatic carbocycles. The molecule has 0 atom stereocenters. The van der Waals surface area contributed by atoms with Crippen molar-refractivity contribution in [2.24, 2.45) is 5.10 Å². The molecule has 162 valence electrons. The molecule has 0 bridgehead atoms. The van der Waals surface area contributed by atoms with Gasteiger partial charge in [-0.25, -0.2) is 18.6 Å². The van der Waals surface area contributed by atoms with E-state index < -0.39 is 21.8 Å². The van der Waals surface area contributed by atoms with Gasteiger partial charge in [0.25, 0.3) is 0 Å². The van der Waals surface area contributed by atoms with Gasteiger partial charge in [0.2, 0.25) is 10.0 Å². The Morgan fingerprint density at radius 3 is 2.48 bits per heavy atom. The molecule has 3 rings (SSSR count). The van der Waals surface area contributed by atoms with Crippen molar-refractivity contribution in [2.75, 3.05) is 0 Å². The third kappa shape index (κ3) is 6.39. The van der Waals surface area contributed by atoms with Crippen molar-refractivity contribution >= 4 is 28.1 Å². The number of sulfonamides is 1. The first kappa shape index (κ1) is 22.0. The second-order valence-corrected chi connectivity index (χ2v) is 8.17. The maximum atomic E-state index is 12.3. The number of benzene rings is 1. The second-order valence-electron chi connectivity index (χ2n) is 6.40. The summed E-state index contributed by atoms with van der Waals surface area (Å²) in [5.74, 6) is -0.717. The van der Waals surface area contributed by atoms with Gasteiger partial charge in [-0.05, 0) is 43.3 Å². The van der Waals surface area contributed by atoms with Gasteiger partial charge in [0.15, 0.2) is 0 Å². The minimum Gasteiger partial charge on any atom is -0.467 e. The van der Waals surface area contributed by atoms with E-state index in [0.717, 1.165) is 5.56 Å². The lowest BCUT2D eigenvalue weighted by atomic mass is 10.2. The third-order valence-electron chi connectivity index (χ3n) is 4.02. The van der Waals surface area contributed by atoms with E-state index in [0.29, 0.717) is 11.5 Å². The summed E-state index contributed by atoms with van der Waals surface area (Å²) >= 11 is 0. The first-order valence-electron chi connectivity index (χ1n) is 9.12. The molecule has 11 heteroatoms. The monoisotopic (exact) mass is 444 g/mol. The summed E-state index contributed by atoms with van der Waals surface area (Å²) in [6, 6.07) is 12.9. The Morgan fingerprint density at radius 2 is 1.77 bits per heavy atom. The first-order valence-corrected chi connectivity index (χ1v) is 10.6. The van der Waals surface area contributed by atoms with Crippen molar-refractivity contribution < 1.29 is 26.8 Å². The smallest absolute Gasteiger partial charge is 0.329 e. The fourth-order valence-corrected chi connectivity index (χ4v) is 3.39. The molecule has 0 aliphatic carbocycles. The van der Waals surface area contributed by atoms with E-state index in [2.05, 4.69) is 20.6 Å². The minimum atomic E-state index is -3.68. The molecule has 0 radical (unpaired) electrons. The summed E-state index contributed by atoms with van der Waals surface area (Å²) in [5.41, 5.74) is 3.02. The van der Waals surface area contributed by atoms with Crippen LogP contribution in [0.3, 0.4) is 0 Å². The van der Waals surface area contributed by atoms with Gasteiger partial charge in [0.05, 0.1) is 30.5 Å². The summed E-state index contributed by atoms with van der Waals surface area (Å²) in [4.78, 5) is 23.5. The zero-order chi connectivity index (χ0) is 22.3. The highest BCUT2D eigenvalue weighted by Crippen LogP contribution is 2.12. The van der Waals surface area contributed by atoms with E-state index in [9.17, 15) is 18.0 Å². The molecule has 0 saturated heterocycles. The molecule has 10 nitrogen and oxygen atoms in total. The van der Waals surface area contributed by atoms with Crippen molar-refractivity contribution in [3.05, 3.63) is 77.6 Å². The number of furan rings is 2. The van der Waals surface area contributed by atoms with Crippen LogP contribution in [0.2, 0.25) is 0 Å². The van der Waals surface area contributed by atoms with Crippen LogP contribution in [0.25, 0.3) is 0 Å². The number of nitrogens with one attached hydrogen (secondary N) is 3. The predicted octanol–water partition coefficient (Wildman–Crippen LogP) is 1.43. The van der Waals surface area contributed by atoms with Gasteiger partial charge in [-0.3, -0.25) is 9.59 Å². The summed E-state index contributed by atoms with van der Waals surface area (Å²) in [7, 11) is -3.68. The highest BCUT2D eigenvalue weighted by molar-refractivity contribution is 7.89. The summed E-state index contributed by atoms with van der Waals surface area (Å²) in [5, 5.41) is 6.02.